The summed E-state index contributed by atoms with van der Waals surface area (Å²) in [6, 6.07) is 0.373. The van der Waals surface area contributed by atoms with Crippen molar-refractivity contribution in [3.05, 3.63) is 16.1 Å². The van der Waals surface area contributed by atoms with E-state index in [1.807, 2.05) is 0 Å². The third-order valence-corrected chi connectivity index (χ3v) is 5.15. The van der Waals surface area contributed by atoms with Gasteiger partial charge in [0, 0.05) is 30.1 Å². The van der Waals surface area contributed by atoms with Gasteiger partial charge in [0.25, 0.3) is 0 Å². The van der Waals surface area contributed by atoms with Crippen molar-refractivity contribution < 1.29 is 4.74 Å². The van der Waals surface area contributed by atoms with E-state index in [-0.39, 0.29) is 5.60 Å². The van der Waals surface area contributed by atoms with Gasteiger partial charge in [0.05, 0.1) is 10.6 Å². The van der Waals surface area contributed by atoms with Crippen LogP contribution in [0.4, 0.5) is 0 Å². The number of rotatable bonds is 6. The molecule has 1 N–H and O–H groups in total. The molecule has 0 saturated heterocycles. The molecule has 1 fully saturated rings. The predicted octanol–water partition coefficient (Wildman–Crippen LogP) is 3.32. The van der Waals surface area contributed by atoms with E-state index in [9.17, 15) is 0 Å². The highest BCUT2D eigenvalue weighted by atomic mass is 32.1. The molecule has 1 aliphatic rings. The highest BCUT2D eigenvalue weighted by molar-refractivity contribution is 7.09. The number of aromatic nitrogens is 1. The molecule has 0 amide bonds. The molecule has 2 rings (SSSR count). The number of nitrogens with zero attached hydrogens (tertiary/aromatic N) is 1. The monoisotopic (exact) mass is 282 g/mol. The molecule has 1 unspecified atom stereocenters. The van der Waals surface area contributed by atoms with Crippen LogP contribution in [0.2, 0.25) is 0 Å². The number of nitrogens with one attached hydrogen (secondary N) is 1. The summed E-state index contributed by atoms with van der Waals surface area (Å²) in [5.74, 6) is 0. The van der Waals surface area contributed by atoms with Crippen molar-refractivity contribution in [3.8, 4) is 0 Å². The average molecular weight is 282 g/mol. The molecule has 108 valence electrons. The Morgan fingerprint density at radius 1 is 1.42 bits per heavy atom. The maximum absolute atomic E-state index is 6.22. The number of aryl methyl sites for hydroxylation is 1. The highest BCUT2D eigenvalue weighted by Gasteiger charge is 2.40. The summed E-state index contributed by atoms with van der Waals surface area (Å²) in [6.07, 6.45) is 7.26. The minimum atomic E-state index is 0.0152. The molecule has 1 atom stereocenters. The Morgan fingerprint density at radius 2 is 2.16 bits per heavy atom. The molecule has 0 spiro atoms. The standard InChI is InChI=1S/C15H26N2OS/c1-4-18-15(8-6-5-7-9-15)13(16-3)10-14-17-12(2)11-19-14/h11,13,16H,4-10H2,1-3H3. The molecule has 0 radical (unpaired) electrons. The second-order valence-electron chi connectivity index (χ2n) is 5.49. The predicted molar refractivity (Wildman–Crippen MR) is 80.8 cm³/mol. The van der Waals surface area contributed by atoms with Crippen LogP contribution < -0.4 is 5.32 Å². The lowest BCUT2D eigenvalue weighted by Gasteiger charge is -2.43. The van der Waals surface area contributed by atoms with E-state index in [4.69, 9.17) is 4.74 Å². The molecule has 0 aromatic carbocycles. The molecular weight excluding hydrogens is 256 g/mol. The van der Waals surface area contributed by atoms with Crippen LogP contribution in [0.15, 0.2) is 5.38 Å². The third-order valence-electron chi connectivity index (χ3n) is 4.16. The van der Waals surface area contributed by atoms with Crippen LogP contribution in [0.25, 0.3) is 0 Å². The first kappa shape index (κ1) is 14.9. The third kappa shape index (κ3) is 3.56. The molecular formula is C15H26N2OS. The molecule has 1 saturated carbocycles. The van der Waals surface area contributed by atoms with Crippen LogP contribution in [-0.2, 0) is 11.2 Å². The Labute approximate surface area is 120 Å². The van der Waals surface area contributed by atoms with Gasteiger partial charge in [-0.05, 0) is 33.7 Å². The largest absolute Gasteiger partial charge is 0.374 e. The van der Waals surface area contributed by atoms with Crippen molar-refractivity contribution in [3.63, 3.8) is 0 Å². The van der Waals surface area contributed by atoms with E-state index in [0.29, 0.717) is 6.04 Å². The molecule has 1 aromatic rings. The van der Waals surface area contributed by atoms with Crippen molar-refractivity contribution in [1.82, 2.24) is 10.3 Å². The molecule has 1 aromatic heterocycles. The van der Waals surface area contributed by atoms with Crippen LogP contribution in [0, 0.1) is 6.92 Å². The van der Waals surface area contributed by atoms with E-state index >= 15 is 0 Å². The number of hydrogen-bond acceptors (Lipinski definition) is 4. The zero-order valence-electron chi connectivity index (χ0n) is 12.4. The Morgan fingerprint density at radius 3 is 2.68 bits per heavy atom. The van der Waals surface area contributed by atoms with Crippen LogP contribution in [0.1, 0.15) is 49.7 Å². The average Bonchev–Trinajstić information content (AvgIpc) is 2.83. The Bertz CT molecular complexity index is 380. The molecule has 0 aliphatic heterocycles. The van der Waals surface area contributed by atoms with Gasteiger partial charge >= 0.3 is 0 Å². The first-order valence-corrected chi connectivity index (χ1v) is 8.30. The normalized spacial score (nSPS) is 20.4. The zero-order chi connectivity index (χ0) is 13.7. The number of thiazole rings is 1. The van der Waals surface area contributed by atoms with E-state index in [0.717, 1.165) is 18.7 Å². The lowest BCUT2D eigenvalue weighted by Crippen LogP contribution is -2.53. The van der Waals surface area contributed by atoms with E-state index < -0.39 is 0 Å². The Kier molecular flexibility index (Phi) is 5.37. The van der Waals surface area contributed by atoms with E-state index in [1.54, 1.807) is 11.3 Å². The van der Waals surface area contributed by atoms with Gasteiger partial charge < -0.3 is 10.1 Å². The Balaban J connectivity index is 2.12. The lowest BCUT2D eigenvalue weighted by molar-refractivity contribution is -0.0883. The van der Waals surface area contributed by atoms with Crippen molar-refractivity contribution in [2.45, 2.75) is 64.0 Å². The number of ether oxygens (including phenoxy) is 1. The first-order chi connectivity index (χ1) is 9.20. The summed E-state index contributed by atoms with van der Waals surface area (Å²) >= 11 is 1.77. The smallest absolute Gasteiger partial charge is 0.0944 e. The SMILES string of the molecule is CCOC1(C(Cc2nc(C)cs2)NC)CCCCC1. The van der Waals surface area contributed by atoms with Crippen LogP contribution >= 0.6 is 11.3 Å². The van der Waals surface area contributed by atoms with Crippen LogP contribution in [-0.4, -0.2) is 30.3 Å². The summed E-state index contributed by atoms with van der Waals surface area (Å²) in [6.45, 7) is 4.97. The van der Waals surface area contributed by atoms with Crippen molar-refractivity contribution >= 4 is 11.3 Å². The van der Waals surface area contributed by atoms with Gasteiger partial charge in [-0.2, -0.15) is 0 Å². The van der Waals surface area contributed by atoms with Crippen molar-refractivity contribution in [2.24, 2.45) is 0 Å². The maximum Gasteiger partial charge on any atom is 0.0944 e. The van der Waals surface area contributed by atoms with E-state index in [2.05, 4.69) is 36.6 Å². The summed E-state index contributed by atoms with van der Waals surface area (Å²) < 4.78 is 6.22. The van der Waals surface area contributed by atoms with Gasteiger partial charge in [-0.1, -0.05) is 19.3 Å². The topological polar surface area (TPSA) is 34.1 Å². The molecule has 3 nitrogen and oxygen atoms in total. The quantitative estimate of drug-likeness (QED) is 0.869. The minimum absolute atomic E-state index is 0.0152. The Hall–Kier alpha value is -0.450. The first-order valence-electron chi connectivity index (χ1n) is 7.42. The number of likely N-dealkylation sites (N-methyl/N-ethyl adjacent to an activating group) is 1. The van der Waals surface area contributed by atoms with Gasteiger partial charge in [0.2, 0.25) is 0 Å². The maximum atomic E-state index is 6.22. The zero-order valence-corrected chi connectivity index (χ0v) is 13.2. The van der Waals surface area contributed by atoms with Gasteiger partial charge in [-0.25, -0.2) is 4.98 Å². The summed E-state index contributed by atoms with van der Waals surface area (Å²) in [5.41, 5.74) is 1.14. The fourth-order valence-corrected chi connectivity index (χ4v) is 4.07. The number of hydrogen-bond donors (Lipinski definition) is 1. The summed E-state index contributed by atoms with van der Waals surface area (Å²) in [4.78, 5) is 4.61. The lowest BCUT2D eigenvalue weighted by atomic mass is 9.78. The van der Waals surface area contributed by atoms with Crippen LogP contribution in [0.3, 0.4) is 0 Å². The van der Waals surface area contributed by atoms with Crippen molar-refractivity contribution in [2.75, 3.05) is 13.7 Å². The molecule has 1 heterocycles. The van der Waals surface area contributed by atoms with Crippen molar-refractivity contribution in [1.29, 1.82) is 0 Å². The fourth-order valence-electron chi connectivity index (χ4n) is 3.25. The van der Waals surface area contributed by atoms with Gasteiger partial charge in [0.15, 0.2) is 0 Å². The summed E-state index contributed by atoms with van der Waals surface area (Å²) in [5, 5.41) is 6.86. The summed E-state index contributed by atoms with van der Waals surface area (Å²) in [7, 11) is 2.06. The van der Waals surface area contributed by atoms with Crippen LogP contribution in [0.5, 0.6) is 0 Å². The molecule has 19 heavy (non-hydrogen) atoms. The highest BCUT2D eigenvalue weighted by Crippen LogP contribution is 2.36. The minimum Gasteiger partial charge on any atom is -0.374 e. The molecule has 1 aliphatic carbocycles. The second-order valence-corrected chi connectivity index (χ2v) is 6.43. The molecule has 0 bridgehead atoms. The molecule has 4 heteroatoms. The van der Waals surface area contributed by atoms with Gasteiger partial charge in [-0.3, -0.25) is 0 Å². The van der Waals surface area contributed by atoms with Gasteiger partial charge in [-0.15, -0.1) is 11.3 Å². The van der Waals surface area contributed by atoms with Gasteiger partial charge in [0.1, 0.15) is 0 Å². The fraction of sp³-hybridized carbons (Fsp3) is 0.800. The second kappa shape index (κ2) is 6.82. The van der Waals surface area contributed by atoms with E-state index in [1.165, 1.54) is 37.1 Å².